The molecule has 0 fully saturated rings. The number of sulfone groups is 1. The summed E-state index contributed by atoms with van der Waals surface area (Å²) in [7, 11) is -3.00. The average molecular weight is 242 g/mol. The predicted molar refractivity (Wildman–Crippen MR) is 65.6 cm³/mol. The first-order valence-corrected chi connectivity index (χ1v) is 7.04. The maximum atomic E-state index is 11.5. The summed E-state index contributed by atoms with van der Waals surface area (Å²) in [5.41, 5.74) is 1.15. The van der Waals surface area contributed by atoms with Crippen LogP contribution in [-0.4, -0.2) is 26.0 Å². The highest BCUT2D eigenvalue weighted by Crippen LogP contribution is 2.11. The van der Waals surface area contributed by atoms with E-state index in [4.69, 9.17) is 4.74 Å². The zero-order chi connectivity index (χ0) is 12.2. The van der Waals surface area contributed by atoms with Crippen molar-refractivity contribution in [3.63, 3.8) is 0 Å². The second kappa shape index (κ2) is 5.34. The zero-order valence-electron chi connectivity index (χ0n) is 9.93. The van der Waals surface area contributed by atoms with Crippen molar-refractivity contribution in [1.82, 2.24) is 0 Å². The SMILES string of the molecule is Cc1ccc(OCCS(=O)(=O)C(C)C)cc1. The van der Waals surface area contributed by atoms with Crippen LogP contribution in [0.3, 0.4) is 0 Å². The summed E-state index contributed by atoms with van der Waals surface area (Å²) in [5, 5.41) is -0.339. The molecule has 0 aliphatic heterocycles. The molecule has 90 valence electrons. The number of rotatable bonds is 5. The summed E-state index contributed by atoms with van der Waals surface area (Å²) in [4.78, 5) is 0. The molecule has 1 rings (SSSR count). The maximum Gasteiger partial charge on any atom is 0.155 e. The molecule has 4 heteroatoms. The highest BCUT2D eigenvalue weighted by molar-refractivity contribution is 7.91. The van der Waals surface area contributed by atoms with Crippen LogP contribution in [0.1, 0.15) is 19.4 Å². The van der Waals surface area contributed by atoms with Gasteiger partial charge in [0.2, 0.25) is 0 Å². The molecular formula is C12H18O3S. The number of aryl methyl sites for hydroxylation is 1. The van der Waals surface area contributed by atoms with Gasteiger partial charge in [-0.25, -0.2) is 8.42 Å². The lowest BCUT2D eigenvalue weighted by Crippen LogP contribution is -2.21. The van der Waals surface area contributed by atoms with E-state index >= 15 is 0 Å². The van der Waals surface area contributed by atoms with Crippen molar-refractivity contribution in [3.8, 4) is 5.75 Å². The van der Waals surface area contributed by atoms with Crippen LogP contribution in [0.5, 0.6) is 5.75 Å². The van der Waals surface area contributed by atoms with Crippen LogP contribution in [0.25, 0.3) is 0 Å². The molecule has 0 saturated carbocycles. The largest absolute Gasteiger partial charge is 0.493 e. The van der Waals surface area contributed by atoms with Crippen LogP contribution in [0.15, 0.2) is 24.3 Å². The Morgan fingerprint density at radius 2 is 1.75 bits per heavy atom. The normalized spacial score (nSPS) is 11.8. The Labute approximate surface area is 97.4 Å². The van der Waals surface area contributed by atoms with E-state index in [1.807, 2.05) is 31.2 Å². The van der Waals surface area contributed by atoms with Gasteiger partial charge in [-0.15, -0.1) is 0 Å². The van der Waals surface area contributed by atoms with Gasteiger partial charge in [-0.3, -0.25) is 0 Å². The molecule has 0 aliphatic carbocycles. The van der Waals surface area contributed by atoms with E-state index in [0.717, 1.165) is 5.56 Å². The van der Waals surface area contributed by atoms with E-state index in [-0.39, 0.29) is 17.6 Å². The minimum atomic E-state index is -3.00. The fourth-order valence-electron chi connectivity index (χ4n) is 1.15. The van der Waals surface area contributed by atoms with Crippen LogP contribution in [0.2, 0.25) is 0 Å². The van der Waals surface area contributed by atoms with Crippen molar-refractivity contribution in [2.45, 2.75) is 26.0 Å². The minimum Gasteiger partial charge on any atom is -0.493 e. The lowest BCUT2D eigenvalue weighted by molar-refractivity contribution is 0.340. The predicted octanol–water partition coefficient (Wildman–Crippen LogP) is 2.20. The van der Waals surface area contributed by atoms with Crippen LogP contribution in [0.4, 0.5) is 0 Å². The van der Waals surface area contributed by atoms with Crippen LogP contribution < -0.4 is 4.74 Å². The summed E-state index contributed by atoms with van der Waals surface area (Å²) in [5.74, 6) is 0.781. The van der Waals surface area contributed by atoms with Crippen molar-refractivity contribution < 1.29 is 13.2 Å². The lowest BCUT2D eigenvalue weighted by Gasteiger charge is -2.09. The van der Waals surface area contributed by atoms with E-state index in [0.29, 0.717) is 5.75 Å². The minimum absolute atomic E-state index is 0.0680. The first kappa shape index (κ1) is 13.0. The van der Waals surface area contributed by atoms with Gasteiger partial charge in [-0.1, -0.05) is 17.7 Å². The number of hydrogen-bond donors (Lipinski definition) is 0. The summed E-state index contributed by atoms with van der Waals surface area (Å²) in [6, 6.07) is 7.56. The first-order valence-electron chi connectivity index (χ1n) is 5.33. The van der Waals surface area contributed by atoms with E-state index in [1.165, 1.54) is 0 Å². The Kier molecular flexibility index (Phi) is 4.35. The molecule has 0 aliphatic rings. The molecule has 1 aromatic carbocycles. The topological polar surface area (TPSA) is 43.4 Å². The summed E-state index contributed by atoms with van der Waals surface area (Å²) in [6.45, 7) is 5.57. The summed E-state index contributed by atoms with van der Waals surface area (Å²) >= 11 is 0. The molecule has 0 N–H and O–H groups in total. The molecule has 0 atom stereocenters. The average Bonchev–Trinajstić information content (AvgIpc) is 2.20. The second-order valence-corrected chi connectivity index (χ2v) is 6.75. The highest BCUT2D eigenvalue weighted by Gasteiger charge is 2.15. The van der Waals surface area contributed by atoms with E-state index in [9.17, 15) is 8.42 Å². The molecule has 0 heterocycles. The number of ether oxygens (including phenoxy) is 1. The summed E-state index contributed by atoms with van der Waals surface area (Å²) < 4.78 is 28.4. The number of benzene rings is 1. The molecule has 0 amide bonds. The third-order valence-electron chi connectivity index (χ3n) is 2.38. The Hall–Kier alpha value is -1.03. The van der Waals surface area contributed by atoms with Gasteiger partial charge in [-0.05, 0) is 32.9 Å². The highest BCUT2D eigenvalue weighted by atomic mass is 32.2. The molecule has 1 aromatic rings. The van der Waals surface area contributed by atoms with Gasteiger partial charge in [0.1, 0.15) is 12.4 Å². The van der Waals surface area contributed by atoms with Crippen LogP contribution in [-0.2, 0) is 9.84 Å². The van der Waals surface area contributed by atoms with Gasteiger partial charge in [0.15, 0.2) is 9.84 Å². The third kappa shape index (κ3) is 3.85. The van der Waals surface area contributed by atoms with Crippen molar-refractivity contribution in [2.24, 2.45) is 0 Å². The molecule has 0 unspecified atom stereocenters. The molecular weight excluding hydrogens is 224 g/mol. The van der Waals surface area contributed by atoms with Gasteiger partial charge in [0.25, 0.3) is 0 Å². The van der Waals surface area contributed by atoms with E-state index in [1.54, 1.807) is 13.8 Å². The quantitative estimate of drug-likeness (QED) is 0.795. The zero-order valence-corrected chi connectivity index (χ0v) is 10.8. The molecule has 0 spiro atoms. The molecule has 3 nitrogen and oxygen atoms in total. The smallest absolute Gasteiger partial charge is 0.155 e. The van der Waals surface area contributed by atoms with Crippen molar-refractivity contribution in [2.75, 3.05) is 12.4 Å². The number of hydrogen-bond acceptors (Lipinski definition) is 3. The second-order valence-electron chi connectivity index (χ2n) is 4.08. The molecule has 0 bridgehead atoms. The van der Waals surface area contributed by atoms with E-state index in [2.05, 4.69) is 0 Å². The Morgan fingerprint density at radius 1 is 1.19 bits per heavy atom. The standard InChI is InChI=1S/C12H18O3S/c1-10(2)16(13,14)9-8-15-12-6-4-11(3)5-7-12/h4-7,10H,8-9H2,1-3H3. The van der Waals surface area contributed by atoms with Crippen molar-refractivity contribution in [3.05, 3.63) is 29.8 Å². The molecule has 0 saturated heterocycles. The fourth-order valence-corrected chi connectivity index (χ4v) is 1.93. The molecule has 0 aromatic heterocycles. The summed E-state index contributed by atoms with van der Waals surface area (Å²) in [6.07, 6.45) is 0. The monoisotopic (exact) mass is 242 g/mol. The van der Waals surface area contributed by atoms with Crippen LogP contribution in [0, 0.1) is 6.92 Å². The van der Waals surface area contributed by atoms with Gasteiger partial charge in [0.05, 0.1) is 11.0 Å². The lowest BCUT2D eigenvalue weighted by atomic mass is 10.2. The third-order valence-corrected chi connectivity index (χ3v) is 4.55. The Bertz CT molecular complexity index is 418. The van der Waals surface area contributed by atoms with Gasteiger partial charge in [0, 0.05) is 0 Å². The Balaban J connectivity index is 2.45. The first-order chi connectivity index (χ1) is 7.42. The maximum absolute atomic E-state index is 11.5. The fraction of sp³-hybridized carbons (Fsp3) is 0.500. The van der Waals surface area contributed by atoms with Crippen molar-refractivity contribution in [1.29, 1.82) is 0 Å². The van der Waals surface area contributed by atoms with Gasteiger partial charge in [-0.2, -0.15) is 0 Å². The van der Waals surface area contributed by atoms with Crippen LogP contribution >= 0.6 is 0 Å². The molecule has 0 radical (unpaired) electrons. The Morgan fingerprint density at radius 3 is 2.25 bits per heavy atom. The molecule has 16 heavy (non-hydrogen) atoms. The van der Waals surface area contributed by atoms with Gasteiger partial charge >= 0.3 is 0 Å². The van der Waals surface area contributed by atoms with Gasteiger partial charge < -0.3 is 4.74 Å². The van der Waals surface area contributed by atoms with E-state index < -0.39 is 9.84 Å². The van der Waals surface area contributed by atoms with Crippen molar-refractivity contribution >= 4 is 9.84 Å².